The normalized spacial score (nSPS) is 16.6. The molecule has 0 saturated carbocycles. The Labute approximate surface area is 212 Å². The van der Waals surface area contributed by atoms with Gasteiger partial charge in [0.2, 0.25) is 0 Å². The van der Waals surface area contributed by atoms with E-state index in [0.29, 0.717) is 6.54 Å². The van der Waals surface area contributed by atoms with Gasteiger partial charge in [-0.05, 0) is 48.9 Å². The van der Waals surface area contributed by atoms with Crippen LogP contribution < -0.4 is 5.56 Å². The second kappa shape index (κ2) is 9.50. The van der Waals surface area contributed by atoms with E-state index in [0.717, 1.165) is 46.1 Å². The Bertz CT molecular complexity index is 1440. The summed E-state index contributed by atoms with van der Waals surface area (Å²) in [5.74, 6) is 0.777. The van der Waals surface area contributed by atoms with Gasteiger partial charge in [-0.1, -0.05) is 104 Å². The van der Waals surface area contributed by atoms with E-state index in [9.17, 15) is 4.79 Å². The van der Waals surface area contributed by atoms with E-state index in [1.807, 2.05) is 22.8 Å². The minimum atomic E-state index is -0.233. The van der Waals surface area contributed by atoms with Crippen molar-refractivity contribution >= 4 is 11.8 Å². The number of rotatable bonds is 6. The number of hydrogen-bond donors (Lipinski definition) is 0. The van der Waals surface area contributed by atoms with E-state index in [4.69, 9.17) is 4.98 Å². The van der Waals surface area contributed by atoms with Crippen LogP contribution in [0.5, 0.6) is 0 Å². The lowest BCUT2D eigenvalue weighted by atomic mass is 9.69. The zero-order valence-electron chi connectivity index (χ0n) is 21.0. The van der Waals surface area contributed by atoms with Gasteiger partial charge in [-0.15, -0.1) is 0 Å². The van der Waals surface area contributed by atoms with Crippen LogP contribution in [0.4, 0.5) is 0 Å². The summed E-state index contributed by atoms with van der Waals surface area (Å²) in [6.45, 7) is 9.20. The summed E-state index contributed by atoms with van der Waals surface area (Å²) < 4.78 is 1.91. The van der Waals surface area contributed by atoms with Crippen LogP contribution in [0.2, 0.25) is 0 Å². The number of benzene rings is 3. The highest BCUT2D eigenvalue weighted by molar-refractivity contribution is 7.98. The second-order valence-corrected chi connectivity index (χ2v) is 10.9. The SMILES string of the molecule is CC[C@]1(C)Cc2ccccc2-c2nc(SCc3ccc(C)cc3C)n(Cc3ccccc3)c(=O)c21. The first-order chi connectivity index (χ1) is 16.9. The molecule has 3 nitrogen and oxygen atoms in total. The van der Waals surface area contributed by atoms with Crippen molar-refractivity contribution in [2.45, 2.75) is 63.4 Å². The van der Waals surface area contributed by atoms with Crippen LogP contribution in [-0.4, -0.2) is 9.55 Å². The summed E-state index contributed by atoms with van der Waals surface area (Å²) in [5, 5.41) is 0.785. The van der Waals surface area contributed by atoms with E-state index in [-0.39, 0.29) is 11.0 Å². The van der Waals surface area contributed by atoms with Crippen LogP contribution in [0.1, 0.15) is 53.6 Å². The van der Waals surface area contributed by atoms with Crippen LogP contribution >= 0.6 is 11.8 Å². The molecule has 0 radical (unpaired) electrons. The summed E-state index contributed by atoms with van der Waals surface area (Å²) in [6, 6.07) is 25.3. The van der Waals surface area contributed by atoms with E-state index in [1.165, 1.54) is 22.3 Å². The minimum absolute atomic E-state index is 0.0980. The Morgan fingerprint density at radius 3 is 2.49 bits per heavy atom. The summed E-state index contributed by atoms with van der Waals surface area (Å²) in [7, 11) is 0. The van der Waals surface area contributed by atoms with E-state index in [2.05, 4.69) is 82.3 Å². The molecule has 178 valence electrons. The maximum absolute atomic E-state index is 14.3. The first kappa shape index (κ1) is 23.6. The molecule has 0 fully saturated rings. The number of thioether (sulfide) groups is 1. The van der Waals surface area contributed by atoms with Crippen LogP contribution in [0.3, 0.4) is 0 Å². The zero-order valence-corrected chi connectivity index (χ0v) is 21.8. The van der Waals surface area contributed by atoms with Gasteiger partial charge in [-0.25, -0.2) is 4.98 Å². The fourth-order valence-electron chi connectivity index (χ4n) is 5.16. The van der Waals surface area contributed by atoms with Crippen molar-refractivity contribution in [1.82, 2.24) is 9.55 Å². The number of aromatic nitrogens is 2. The molecule has 0 aliphatic heterocycles. The number of nitrogens with zero attached hydrogens (tertiary/aromatic N) is 2. The lowest BCUT2D eigenvalue weighted by molar-refractivity contribution is 0.430. The molecule has 1 aliphatic carbocycles. The van der Waals surface area contributed by atoms with E-state index < -0.39 is 0 Å². The van der Waals surface area contributed by atoms with Crippen molar-refractivity contribution < 1.29 is 0 Å². The van der Waals surface area contributed by atoms with Gasteiger partial charge in [0.15, 0.2) is 5.16 Å². The highest BCUT2D eigenvalue weighted by atomic mass is 32.2. The molecule has 4 heteroatoms. The highest BCUT2D eigenvalue weighted by Crippen LogP contribution is 2.43. The molecule has 1 heterocycles. The van der Waals surface area contributed by atoms with Gasteiger partial charge in [0.25, 0.3) is 5.56 Å². The number of aryl methyl sites for hydroxylation is 2. The van der Waals surface area contributed by atoms with Gasteiger partial charge in [0.05, 0.1) is 17.8 Å². The molecule has 0 spiro atoms. The standard InChI is InChI=1S/C31H32N2OS/c1-5-31(4)18-24-13-9-10-14-26(24)28-27(31)29(34)33(19-23-11-7-6-8-12-23)30(32-28)35-20-25-16-15-21(2)17-22(25)3/h6-17H,5,18-20H2,1-4H3/t31-/m1/s1. The van der Waals surface area contributed by atoms with Crippen LogP contribution in [0.25, 0.3) is 11.3 Å². The average molecular weight is 481 g/mol. The summed E-state index contributed by atoms with van der Waals surface area (Å²) in [6.07, 6.45) is 1.76. The largest absolute Gasteiger partial charge is 0.283 e. The first-order valence-corrected chi connectivity index (χ1v) is 13.3. The summed E-state index contributed by atoms with van der Waals surface area (Å²) in [5.41, 5.74) is 8.91. The number of fused-ring (bicyclic) bond motifs is 3. The molecule has 1 aliphatic rings. The van der Waals surface area contributed by atoms with Crippen molar-refractivity contribution in [2.75, 3.05) is 0 Å². The van der Waals surface area contributed by atoms with Crippen molar-refractivity contribution in [2.24, 2.45) is 0 Å². The lowest BCUT2D eigenvalue weighted by Crippen LogP contribution is -2.40. The average Bonchev–Trinajstić information content (AvgIpc) is 2.86. The Balaban J connectivity index is 1.67. The molecule has 0 saturated heterocycles. The van der Waals surface area contributed by atoms with Crippen LogP contribution in [0.15, 0.2) is 82.7 Å². The summed E-state index contributed by atoms with van der Waals surface area (Å²) in [4.78, 5) is 19.5. The highest BCUT2D eigenvalue weighted by Gasteiger charge is 2.38. The smallest absolute Gasteiger partial charge is 0.258 e. The Hall–Kier alpha value is -3.11. The fraction of sp³-hybridized carbons (Fsp3) is 0.290. The Kier molecular flexibility index (Phi) is 6.41. The molecule has 0 N–H and O–H groups in total. The van der Waals surface area contributed by atoms with Crippen molar-refractivity contribution in [3.8, 4) is 11.3 Å². The predicted molar refractivity (Wildman–Crippen MR) is 146 cm³/mol. The minimum Gasteiger partial charge on any atom is -0.283 e. The van der Waals surface area contributed by atoms with Crippen molar-refractivity contribution in [1.29, 1.82) is 0 Å². The van der Waals surface area contributed by atoms with Crippen LogP contribution in [-0.2, 0) is 24.1 Å². The topological polar surface area (TPSA) is 34.9 Å². The Morgan fingerprint density at radius 2 is 1.74 bits per heavy atom. The molecule has 4 aromatic rings. The summed E-state index contributed by atoms with van der Waals surface area (Å²) >= 11 is 1.66. The third-order valence-electron chi connectivity index (χ3n) is 7.41. The molecule has 1 atom stereocenters. The molecule has 5 rings (SSSR count). The van der Waals surface area contributed by atoms with Gasteiger partial charge in [-0.3, -0.25) is 9.36 Å². The predicted octanol–water partition coefficient (Wildman–Crippen LogP) is 7.09. The molecule has 1 aromatic heterocycles. The van der Waals surface area contributed by atoms with Crippen molar-refractivity contribution in [3.63, 3.8) is 0 Å². The van der Waals surface area contributed by atoms with Gasteiger partial charge < -0.3 is 0 Å². The number of hydrogen-bond acceptors (Lipinski definition) is 3. The molecular formula is C31H32N2OS. The quantitative estimate of drug-likeness (QED) is 0.218. The zero-order chi connectivity index (χ0) is 24.6. The maximum Gasteiger partial charge on any atom is 0.258 e. The fourth-order valence-corrected chi connectivity index (χ4v) is 6.22. The third-order valence-corrected chi connectivity index (χ3v) is 8.43. The second-order valence-electron chi connectivity index (χ2n) is 9.96. The molecule has 0 unspecified atom stereocenters. The van der Waals surface area contributed by atoms with Gasteiger partial charge in [0.1, 0.15) is 0 Å². The van der Waals surface area contributed by atoms with Gasteiger partial charge in [-0.2, -0.15) is 0 Å². The van der Waals surface area contributed by atoms with E-state index in [1.54, 1.807) is 11.8 Å². The first-order valence-electron chi connectivity index (χ1n) is 12.4. The Morgan fingerprint density at radius 1 is 1.00 bits per heavy atom. The maximum atomic E-state index is 14.3. The molecule has 35 heavy (non-hydrogen) atoms. The third kappa shape index (κ3) is 4.48. The van der Waals surface area contributed by atoms with Gasteiger partial charge in [0, 0.05) is 16.7 Å². The monoisotopic (exact) mass is 480 g/mol. The molecular weight excluding hydrogens is 448 g/mol. The van der Waals surface area contributed by atoms with Gasteiger partial charge >= 0.3 is 0 Å². The lowest BCUT2D eigenvalue weighted by Gasteiger charge is -2.36. The van der Waals surface area contributed by atoms with Crippen LogP contribution in [0, 0.1) is 13.8 Å². The molecule has 3 aromatic carbocycles. The molecule has 0 bridgehead atoms. The van der Waals surface area contributed by atoms with Crippen molar-refractivity contribution in [3.05, 3.63) is 117 Å². The molecule has 0 amide bonds. The van der Waals surface area contributed by atoms with E-state index >= 15 is 0 Å².